The topological polar surface area (TPSA) is 61.4 Å². The predicted octanol–water partition coefficient (Wildman–Crippen LogP) is 0.548. The molecule has 0 aliphatic heterocycles. The van der Waals surface area contributed by atoms with Gasteiger partial charge in [0.25, 0.3) is 0 Å². The number of rotatable bonds is 5. The van der Waals surface area contributed by atoms with Gasteiger partial charge in [0.15, 0.2) is 0 Å². The number of hydrogen-bond acceptors (Lipinski definition) is 3. The third-order valence-corrected chi connectivity index (χ3v) is 3.42. The van der Waals surface area contributed by atoms with Crippen LogP contribution in [0.1, 0.15) is 44.9 Å². The van der Waals surface area contributed by atoms with Gasteiger partial charge in [-0.15, -0.1) is 0 Å². The average Bonchev–Trinajstić information content (AvgIpc) is 3.05. The summed E-state index contributed by atoms with van der Waals surface area (Å²) >= 11 is 0. The van der Waals surface area contributed by atoms with Gasteiger partial charge < -0.3 is 15.7 Å². The predicted molar refractivity (Wildman–Crippen MR) is 62.0 cm³/mol. The van der Waals surface area contributed by atoms with Gasteiger partial charge in [-0.05, 0) is 38.5 Å². The first kappa shape index (κ1) is 11.9. The van der Waals surface area contributed by atoms with Gasteiger partial charge in [0, 0.05) is 25.0 Å². The third kappa shape index (κ3) is 4.10. The summed E-state index contributed by atoms with van der Waals surface area (Å²) in [5, 5.41) is 15.7. The van der Waals surface area contributed by atoms with Crippen molar-refractivity contribution in [2.75, 3.05) is 6.54 Å². The van der Waals surface area contributed by atoms with Crippen molar-refractivity contribution in [3.8, 4) is 0 Å². The molecule has 3 N–H and O–H groups in total. The molecule has 2 fully saturated rings. The standard InChI is InChI=1S/C12H22N2O2/c15-11-5-3-10(4-6-11)14-12(16)7-8-13-9-1-2-9/h9-11,13,15H,1-8H2,(H,14,16). The van der Waals surface area contributed by atoms with Crippen LogP contribution in [-0.4, -0.2) is 35.7 Å². The van der Waals surface area contributed by atoms with Crippen LogP contribution >= 0.6 is 0 Å². The summed E-state index contributed by atoms with van der Waals surface area (Å²) in [6.45, 7) is 0.797. The van der Waals surface area contributed by atoms with Crippen molar-refractivity contribution in [3.05, 3.63) is 0 Å². The third-order valence-electron chi connectivity index (χ3n) is 3.42. The molecule has 1 amide bonds. The van der Waals surface area contributed by atoms with E-state index in [4.69, 9.17) is 0 Å². The van der Waals surface area contributed by atoms with Crippen molar-refractivity contribution in [2.24, 2.45) is 0 Å². The van der Waals surface area contributed by atoms with E-state index in [1.807, 2.05) is 0 Å². The van der Waals surface area contributed by atoms with Gasteiger partial charge in [0.2, 0.25) is 5.91 Å². The highest BCUT2D eigenvalue weighted by molar-refractivity contribution is 5.76. The lowest BCUT2D eigenvalue weighted by molar-refractivity contribution is -0.122. The van der Waals surface area contributed by atoms with Gasteiger partial charge in [0.05, 0.1) is 6.10 Å². The van der Waals surface area contributed by atoms with E-state index >= 15 is 0 Å². The van der Waals surface area contributed by atoms with Crippen LogP contribution in [-0.2, 0) is 4.79 Å². The second kappa shape index (κ2) is 5.64. The van der Waals surface area contributed by atoms with Crippen molar-refractivity contribution < 1.29 is 9.90 Å². The molecule has 0 saturated heterocycles. The average molecular weight is 226 g/mol. The molecule has 2 saturated carbocycles. The summed E-state index contributed by atoms with van der Waals surface area (Å²) < 4.78 is 0. The van der Waals surface area contributed by atoms with E-state index < -0.39 is 0 Å². The Bertz CT molecular complexity index is 233. The first-order chi connectivity index (χ1) is 7.74. The molecular weight excluding hydrogens is 204 g/mol. The quantitative estimate of drug-likeness (QED) is 0.641. The van der Waals surface area contributed by atoms with Crippen LogP contribution < -0.4 is 10.6 Å². The molecule has 4 nitrogen and oxygen atoms in total. The lowest BCUT2D eigenvalue weighted by atomic mass is 9.93. The molecule has 4 heteroatoms. The Hall–Kier alpha value is -0.610. The van der Waals surface area contributed by atoms with Gasteiger partial charge in [0.1, 0.15) is 0 Å². The molecule has 92 valence electrons. The van der Waals surface area contributed by atoms with Crippen molar-refractivity contribution in [1.29, 1.82) is 0 Å². The van der Waals surface area contributed by atoms with E-state index in [1.165, 1.54) is 12.8 Å². The van der Waals surface area contributed by atoms with E-state index in [-0.39, 0.29) is 18.1 Å². The Morgan fingerprint density at radius 2 is 1.69 bits per heavy atom. The first-order valence-electron chi connectivity index (χ1n) is 6.45. The number of carbonyl (C=O) groups excluding carboxylic acids is 1. The zero-order valence-corrected chi connectivity index (χ0v) is 9.74. The largest absolute Gasteiger partial charge is 0.393 e. The minimum Gasteiger partial charge on any atom is -0.393 e. The Morgan fingerprint density at radius 1 is 1.06 bits per heavy atom. The normalized spacial score (nSPS) is 30.1. The lowest BCUT2D eigenvalue weighted by Gasteiger charge is -2.26. The number of aliphatic hydroxyl groups is 1. The molecule has 2 aliphatic carbocycles. The van der Waals surface area contributed by atoms with E-state index in [2.05, 4.69) is 10.6 Å². The van der Waals surface area contributed by atoms with Crippen LogP contribution in [0.5, 0.6) is 0 Å². The molecule has 2 aliphatic rings. The maximum Gasteiger partial charge on any atom is 0.221 e. The fourth-order valence-corrected chi connectivity index (χ4v) is 2.20. The Balaban J connectivity index is 1.55. The molecule has 0 atom stereocenters. The van der Waals surface area contributed by atoms with Crippen LogP contribution in [0, 0.1) is 0 Å². The SMILES string of the molecule is O=C(CCNC1CC1)NC1CCC(O)CC1. The molecule has 0 aromatic carbocycles. The summed E-state index contributed by atoms with van der Waals surface area (Å²) in [5.41, 5.74) is 0. The minimum absolute atomic E-state index is 0.148. The maximum absolute atomic E-state index is 11.6. The summed E-state index contributed by atoms with van der Waals surface area (Å²) in [5.74, 6) is 0.148. The molecule has 2 rings (SSSR count). The van der Waals surface area contributed by atoms with Crippen LogP contribution in [0.4, 0.5) is 0 Å². The molecule has 0 heterocycles. The minimum atomic E-state index is -0.148. The molecule has 0 unspecified atom stereocenters. The summed E-state index contributed by atoms with van der Waals surface area (Å²) in [6.07, 6.45) is 6.45. The second-order valence-electron chi connectivity index (χ2n) is 5.05. The Kier molecular flexibility index (Phi) is 4.18. The number of aliphatic hydroxyl groups excluding tert-OH is 1. The molecule has 0 aromatic rings. The van der Waals surface area contributed by atoms with Gasteiger partial charge in [-0.25, -0.2) is 0 Å². The fraction of sp³-hybridized carbons (Fsp3) is 0.917. The van der Waals surface area contributed by atoms with Crippen LogP contribution in [0.25, 0.3) is 0 Å². The zero-order chi connectivity index (χ0) is 11.4. The van der Waals surface area contributed by atoms with E-state index in [1.54, 1.807) is 0 Å². The van der Waals surface area contributed by atoms with Gasteiger partial charge >= 0.3 is 0 Å². The number of hydrogen-bond donors (Lipinski definition) is 3. The molecule has 0 radical (unpaired) electrons. The van der Waals surface area contributed by atoms with Crippen LogP contribution in [0.3, 0.4) is 0 Å². The zero-order valence-electron chi connectivity index (χ0n) is 9.74. The smallest absolute Gasteiger partial charge is 0.221 e. The maximum atomic E-state index is 11.6. The molecule has 0 spiro atoms. The van der Waals surface area contributed by atoms with Crippen LogP contribution in [0.2, 0.25) is 0 Å². The summed E-state index contributed by atoms with van der Waals surface area (Å²) in [4.78, 5) is 11.6. The summed E-state index contributed by atoms with van der Waals surface area (Å²) in [7, 11) is 0. The van der Waals surface area contributed by atoms with Crippen molar-refractivity contribution in [2.45, 2.75) is 63.1 Å². The highest BCUT2D eigenvalue weighted by Gasteiger charge is 2.22. The number of carbonyl (C=O) groups is 1. The fourth-order valence-electron chi connectivity index (χ4n) is 2.20. The van der Waals surface area contributed by atoms with Gasteiger partial charge in [-0.3, -0.25) is 4.79 Å². The molecule has 0 bridgehead atoms. The number of nitrogens with one attached hydrogen (secondary N) is 2. The van der Waals surface area contributed by atoms with Crippen molar-refractivity contribution >= 4 is 5.91 Å². The molecular formula is C12H22N2O2. The Morgan fingerprint density at radius 3 is 2.31 bits per heavy atom. The molecule has 16 heavy (non-hydrogen) atoms. The van der Waals surface area contributed by atoms with Crippen molar-refractivity contribution in [3.63, 3.8) is 0 Å². The lowest BCUT2D eigenvalue weighted by Crippen LogP contribution is -2.39. The Labute approximate surface area is 96.8 Å². The number of amides is 1. The van der Waals surface area contributed by atoms with Gasteiger partial charge in [-0.2, -0.15) is 0 Å². The van der Waals surface area contributed by atoms with E-state index in [0.29, 0.717) is 12.5 Å². The van der Waals surface area contributed by atoms with Crippen LogP contribution in [0.15, 0.2) is 0 Å². The monoisotopic (exact) mass is 226 g/mol. The highest BCUT2D eigenvalue weighted by atomic mass is 16.3. The highest BCUT2D eigenvalue weighted by Crippen LogP contribution is 2.19. The molecule has 0 aromatic heterocycles. The van der Waals surface area contributed by atoms with Crippen molar-refractivity contribution in [1.82, 2.24) is 10.6 Å². The van der Waals surface area contributed by atoms with Gasteiger partial charge in [-0.1, -0.05) is 0 Å². The summed E-state index contributed by atoms with van der Waals surface area (Å²) in [6, 6.07) is 0.967. The van der Waals surface area contributed by atoms with E-state index in [0.717, 1.165) is 32.2 Å². The second-order valence-corrected chi connectivity index (χ2v) is 5.05. The first-order valence-corrected chi connectivity index (χ1v) is 6.45. The van der Waals surface area contributed by atoms with E-state index in [9.17, 15) is 9.90 Å².